The molecule has 1 aliphatic heterocycles. The van der Waals surface area contributed by atoms with Gasteiger partial charge in [-0.2, -0.15) is 0 Å². The van der Waals surface area contributed by atoms with E-state index in [1.165, 1.54) is 4.90 Å². The predicted octanol–water partition coefficient (Wildman–Crippen LogP) is 2.81. The normalized spacial score (nSPS) is 23.8. The first-order chi connectivity index (χ1) is 11.1. The molecule has 3 rings (SSSR count). The van der Waals surface area contributed by atoms with Gasteiger partial charge in [0.15, 0.2) is 0 Å². The molecule has 1 saturated carbocycles. The summed E-state index contributed by atoms with van der Waals surface area (Å²) in [5.41, 5.74) is 0. The fourth-order valence-electron chi connectivity index (χ4n) is 3.37. The first kappa shape index (κ1) is 16.0. The van der Waals surface area contributed by atoms with Crippen molar-refractivity contribution in [3.05, 3.63) is 29.3 Å². The van der Waals surface area contributed by atoms with Crippen LogP contribution in [0.1, 0.15) is 32.1 Å². The van der Waals surface area contributed by atoms with Crippen LogP contribution in [-0.4, -0.2) is 29.2 Å². The van der Waals surface area contributed by atoms with Crippen molar-refractivity contribution in [3.63, 3.8) is 0 Å². The molecule has 122 valence electrons. The van der Waals surface area contributed by atoms with Crippen molar-refractivity contribution in [2.24, 2.45) is 11.8 Å². The lowest BCUT2D eigenvalue weighted by molar-refractivity contribution is -0.141. The van der Waals surface area contributed by atoms with E-state index in [0.29, 0.717) is 10.8 Å². The van der Waals surface area contributed by atoms with Crippen LogP contribution in [0.3, 0.4) is 0 Å². The summed E-state index contributed by atoms with van der Waals surface area (Å²) in [5, 5.41) is 0.476. The van der Waals surface area contributed by atoms with Crippen molar-refractivity contribution in [1.29, 1.82) is 0 Å². The van der Waals surface area contributed by atoms with E-state index >= 15 is 0 Å². The number of carbonyl (C=O) groups is 3. The molecule has 2 amide bonds. The lowest BCUT2D eigenvalue weighted by Crippen LogP contribution is -2.33. The largest absolute Gasteiger partial charge is 0.426 e. The molecule has 1 aliphatic carbocycles. The molecular weight excluding hydrogens is 318 g/mol. The number of carbonyl (C=O) groups excluding carboxylic acids is 3. The van der Waals surface area contributed by atoms with Gasteiger partial charge in [0.1, 0.15) is 5.75 Å². The van der Waals surface area contributed by atoms with Gasteiger partial charge in [-0.1, -0.05) is 30.5 Å². The molecule has 2 aliphatic rings. The van der Waals surface area contributed by atoms with Crippen LogP contribution >= 0.6 is 11.6 Å². The van der Waals surface area contributed by atoms with Gasteiger partial charge in [0.25, 0.3) is 0 Å². The first-order valence-electron chi connectivity index (χ1n) is 7.88. The number of benzene rings is 1. The van der Waals surface area contributed by atoms with E-state index in [4.69, 9.17) is 16.3 Å². The van der Waals surface area contributed by atoms with E-state index in [2.05, 4.69) is 0 Å². The quantitative estimate of drug-likeness (QED) is 0.482. The van der Waals surface area contributed by atoms with Crippen LogP contribution in [0.25, 0.3) is 0 Å². The minimum atomic E-state index is -0.484. The van der Waals surface area contributed by atoms with Gasteiger partial charge in [-0.15, -0.1) is 0 Å². The molecule has 23 heavy (non-hydrogen) atoms. The van der Waals surface area contributed by atoms with Crippen LogP contribution in [0.2, 0.25) is 5.02 Å². The number of fused-ring (bicyclic) bond motifs is 1. The van der Waals surface area contributed by atoms with Gasteiger partial charge in [-0.3, -0.25) is 19.3 Å². The SMILES string of the molecule is O=C(CCN1C(=O)[C@H]2CCCC[C@@H]2C1=O)Oc1cccc(Cl)c1. The molecule has 6 heteroatoms. The summed E-state index contributed by atoms with van der Waals surface area (Å²) in [4.78, 5) is 37.7. The topological polar surface area (TPSA) is 63.7 Å². The van der Waals surface area contributed by atoms with Crippen molar-refractivity contribution in [3.8, 4) is 5.75 Å². The molecule has 0 unspecified atom stereocenters. The van der Waals surface area contributed by atoms with Crippen LogP contribution in [-0.2, 0) is 14.4 Å². The molecule has 5 nitrogen and oxygen atoms in total. The van der Waals surface area contributed by atoms with Crippen molar-refractivity contribution in [2.75, 3.05) is 6.54 Å². The van der Waals surface area contributed by atoms with Gasteiger partial charge in [-0.05, 0) is 31.0 Å². The fraction of sp³-hybridized carbons (Fsp3) is 0.471. The van der Waals surface area contributed by atoms with Crippen LogP contribution in [0.4, 0.5) is 0 Å². The second-order valence-corrected chi connectivity index (χ2v) is 6.44. The highest BCUT2D eigenvalue weighted by molar-refractivity contribution is 6.30. The van der Waals surface area contributed by atoms with Gasteiger partial charge < -0.3 is 4.74 Å². The number of rotatable bonds is 4. The smallest absolute Gasteiger partial charge is 0.312 e. The third-order valence-corrected chi connectivity index (χ3v) is 4.73. The molecule has 1 aromatic rings. The second-order valence-electron chi connectivity index (χ2n) is 6.01. The molecule has 1 saturated heterocycles. The number of amides is 2. The Labute approximate surface area is 139 Å². The Morgan fingerprint density at radius 2 is 1.83 bits per heavy atom. The maximum absolute atomic E-state index is 12.3. The van der Waals surface area contributed by atoms with Gasteiger partial charge in [0.05, 0.1) is 18.3 Å². The Hall–Kier alpha value is -1.88. The Morgan fingerprint density at radius 3 is 2.43 bits per heavy atom. The average molecular weight is 336 g/mol. The lowest BCUT2D eigenvalue weighted by Gasteiger charge is -2.19. The Balaban J connectivity index is 1.56. The molecule has 2 atom stereocenters. The maximum Gasteiger partial charge on any atom is 0.312 e. The standard InChI is InChI=1S/C17H18ClNO4/c18-11-4-3-5-12(10-11)23-15(20)8-9-19-16(21)13-6-1-2-7-14(13)17(19)22/h3-5,10,13-14H,1-2,6-9H2/t13-,14-/m0/s1. The highest BCUT2D eigenvalue weighted by Crippen LogP contribution is 2.37. The second kappa shape index (κ2) is 6.71. The molecule has 1 heterocycles. The van der Waals surface area contributed by atoms with Gasteiger partial charge in [-0.25, -0.2) is 0 Å². The van der Waals surface area contributed by atoms with E-state index in [1.54, 1.807) is 24.3 Å². The van der Waals surface area contributed by atoms with E-state index in [-0.39, 0.29) is 36.6 Å². The molecule has 0 bridgehead atoms. The fourth-order valence-corrected chi connectivity index (χ4v) is 3.55. The monoisotopic (exact) mass is 335 g/mol. The minimum Gasteiger partial charge on any atom is -0.426 e. The average Bonchev–Trinajstić information content (AvgIpc) is 2.77. The number of nitrogens with zero attached hydrogens (tertiary/aromatic N) is 1. The summed E-state index contributed by atoms with van der Waals surface area (Å²) < 4.78 is 5.17. The van der Waals surface area contributed by atoms with Crippen molar-refractivity contribution < 1.29 is 19.1 Å². The Morgan fingerprint density at radius 1 is 1.17 bits per heavy atom. The number of hydrogen-bond donors (Lipinski definition) is 0. The molecular formula is C17H18ClNO4. The van der Waals surface area contributed by atoms with Crippen LogP contribution in [0, 0.1) is 11.8 Å². The zero-order chi connectivity index (χ0) is 16.4. The molecule has 2 fully saturated rings. The van der Waals surface area contributed by atoms with Crippen molar-refractivity contribution in [1.82, 2.24) is 4.90 Å². The predicted molar refractivity (Wildman–Crippen MR) is 83.9 cm³/mol. The highest BCUT2D eigenvalue weighted by Gasteiger charge is 2.47. The molecule has 0 radical (unpaired) electrons. The molecule has 0 N–H and O–H groups in total. The van der Waals surface area contributed by atoms with Crippen LogP contribution in [0.15, 0.2) is 24.3 Å². The summed E-state index contributed by atoms with van der Waals surface area (Å²) in [5.74, 6) is -0.746. The highest BCUT2D eigenvalue weighted by atomic mass is 35.5. The summed E-state index contributed by atoms with van der Waals surface area (Å²) in [6.45, 7) is 0.0874. The molecule has 0 aromatic heterocycles. The first-order valence-corrected chi connectivity index (χ1v) is 8.25. The number of likely N-dealkylation sites (tertiary alicyclic amines) is 1. The molecule has 0 spiro atoms. The van der Waals surface area contributed by atoms with E-state index in [9.17, 15) is 14.4 Å². The van der Waals surface area contributed by atoms with Crippen LogP contribution < -0.4 is 4.74 Å². The summed E-state index contributed by atoms with van der Waals surface area (Å²) in [6, 6.07) is 6.54. The summed E-state index contributed by atoms with van der Waals surface area (Å²) in [7, 11) is 0. The minimum absolute atomic E-state index is 0.0105. The van der Waals surface area contributed by atoms with Gasteiger partial charge in [0.2, 0.25) is 11.8 Å². The van der Waals surface area contributed by atoms with Crippen LogP contribution in [0.5, 0.6) is 5.75 Å². The number of ether oxygens (including phenoxy) is 1. The van der Waals surface area contributed by atoms with Crippen molar-refractivity contribution in [2.45, 2.75) is 32.1 Å². The summed E-state index contributed by atoms with van der Waals surface area (Å²) in [6.07, 6.45) is 3.52. The Kier molecular flexibility index (Phi) is 4.66. The maximum atomic E-state index is 12.3. The van der Waals surface area contributed by atoms with E-state index < -0.39 is 5.97 Å². The van der Waals surface area contributed by atoms with Gasteiger partial charge >= 0.3 is 5.97 Å². The van der Waals surface area contributed by atoms with Crippen molar-refractivity contribution >= 4 is 29.4 Å². The number of esters is 1. The third-order valence-electron chi connectivity index (χ3n) is 4.50. The zero-order valence-electron chi connectivity index (χ0n) is 12.7. The summed E-state index contributed by atoms with van der Waals surface area (Å²) >= 11 is 5.83. The number of halogens is 1. The van der Waals surface area contributed by atoms with E-state index in [1.807, 2.05) is 0 Å². The zero-order valence-corrected chi connectivity index (χ0v) is 13.4. The number of imide groups is 1. The van der Waals surface area contributed by atoms with Gasteiger partial charge in [0, 0.05) is 11.6 Å². The third kappa shape index (κ3) is 3.39. The van der Waals surface area contributed by atoms with E-state index in [0.717, 1.165) is 25.7 Å². The lowest BCUT2D eigenvalue weighted by atomic mass is 9.81. The number of hydrogen-bond acceptors (Lipinski definition) is 4. The Bertz CT molecular complexity index is 621. The molecule has 1 aromatic carbocycles.